The van der Waals surface area contributed by atoms with E-state index < -0.39 is 0 Å². The molecule has 4 aromatic rings. The minimum atomic E-state index is -0.315. The summed E-state index contributed by atoms with van der Waals surface area (Å²) in [5, 5.41) is 11.2. The number of carbonyl (C=O) groups excluding carboxylic acids is 1. The van der Waals surface area contributed by atoms with Crippen molar-refractivity contribution < 1.29 is 13.9 Å². The molecule has 0 bridgehead atoms. The lowest BCUT2D eigenvalue weighted by Crippen LogP contribution is -2.14. The number of fused-ring (bicyclic) bond motifs is 1. The minimum Gasteiger partial charge on any atom is -0.451 e. The molecule has 2 heterocycles. The fourth-order valence-corrected chi connectivity index (χ4v) is 3.54. The van der Waals surface area contributed by atoms with Gasteiger partial charge in [0, 0.05) is 28.1 Å². The van der Waals surface area contributed by atoms with Crippen molar-refractivity contribution in [3.05, 3.63) is 65.7 Å². The molecule has 7 heteroatoms. The Morgan fingerprint density at radius 1 is 1.23 bits per heavy atom. The first-order valence-corrected chi connectivity index (χ1v) is 10.5. The normalized spacial score (nSPS) is 13.8. The summed E-state index contributed by atoms with van der Waals surface area (Å²) < 4.78 is 11.7. The predicted molar refractivity (Wildman–Crippen MR) is 118 cm³/mol. The highest BCUT2D eigenvalue weighted by molar-refractivity contribution is 6.06. The van der Waals surface area contributed by atoms with E-state index in [-0.39, 0.29) is 17.8 Å². The zero-order valence-electron chi connectivity index (χ0n) is 17.5. The summed E-state index contributed by atoms with van der Waals surface area (Å²) in [6.07, 6.45) is 2.36. The van der Waals surface area contributed by atoms with Crippen LogP contribution in [0.5, 0.6) is 0 Å². The average molecular weight is 416 g/mol. The quantitative estimate of drug-likeness (QED) is 0.428. The number of aromatic amines is 1. The first kappa shape index (κ1) is 19.5. The molecule has 0 spiro atoms. The van der Waals surface area contributed by atoms with Gasteiger partial charge in [-0.25, -0.2) is 4.98 Å². The number of benzene rings is 2. The van der Waals surface area contributed by atoms with Crippen molar-refractivity contribution in [2.75, 3.05) is 5.32 Å². The molecule has 7 nitrogen and oxygen atoms in total. The Kier molecular flexibility index (Phi) is 5.03. The molecular weight excluding hydrogens is 392 g/mol. The van der Waals surface area contributed by atoms with Gasteiger partial charge in [-0.15, -0.1) is 0 Å². The maximum atomic E-state index is 13.1. The lowest BCUT2D eigenvalue weighted by molar-refractivity contribution is 0.0648. The molecule has 0 aliphatic heterocycles. The third-order valence-corrected chi connectivity index (χ3v) is 5.31. The molecule has 1 fully saturated rings. The molecule has 1 aliphatic rings. The second kappa shape index (κ2) is 8.00. The number of furan rings is 1. The Morgan fingerprint density at radius 3 is 2.87 bits per heavy atom. The van der Waals surface area contributed by atoms with Gasteiger partial charge in [0.25, 0.3) is 5.91 Å². The van der Waals surface area contributed by atoms with E-state index in [9.17, 15) is 4.79 Å². The van der Waals surface area contributed by atoms with Crippen molar-refractivity contribution in [1.82, 2.24) is 15.2 Å². The lowest BCUT2D eigenvalue weighted by Gasteiger charge is -2.09. The Labute approximate surface area is 179 Å². The number of carbonyl (C=O) groups is 1. The van der Waals surface area contributed by atoms with Crippen LogP contribution >= 0.6 is 0 Å². The van der Waals surface area contributed by atoms with Gasteiger partial charge in [0.15, 0.2) is 11.6 Å². The molecule has 1 saturated carbocycles. The van der Waals surface area contributed by atoms with Crippen molar-refractivity contribution in [2.45, 2.75) is 45.3 Å². The molecule has 0 unspecified atom stereocenters. The van der Waals surface area contributed by atoms with E-state index in [0.29, 0.717) is 29.6 Å². The van der Waals surface area contributed by atoms with Gasteiger partial charge in [0.2, 0.25) is 0 Å². The number of ether oxygens (including phenoxy) is 1. The van der Waals surface area contributed by atoms with Crippen LogP contribution in [0.15, 0.2) is 52.9 Å². The van der Waals surface area contributed by atoms with E-state index in [0.717, 1.165) is 35.2 Å². The molecule has 5 rings (SSSR count). The molecule has 0 atom stereocenters. The Balaban J connectivity index is 1.41. The van der Waals surface area contributed by atoms with Gasteiger partial charge >= 0.3 is 0 Å². The number of nitrogens with one attached hydrogen (secondary N) is 2. The van der Waals surface area contributed by atoms with Crippen LogP contribution in [-0.2, 0) is 11.3 Å². The molecule has 2 aromatic heterocycles. The standard InChI is InChI=1S/C24H24N4O3/c1-14(2)30-13-19-18-8-3-4-9-20(18)31-21(19)24(29)25-17-7-5-6-16(12-17)23-26-22(27-28-23)15-10-11-15/h3-9,12,14-15H,10-11,13H2,1-2H3,(H,25,29)(H,26,27,28). The van der Waals surface area contributed by atoms with Crippen LogP contribution in [0.4, 0.5) is 5.69 Å². The van der Waals surface area contributed by atoms with Crippen LogP contribution in [0.1, 0.15) is 54.5 Å². The van der Waals surface area contributed by atoms with Crippen LogP contribution in [0, 0.1) is 0 Å². The van der Waals surface area contributed by atoms with Crippen molar-refractivity contribution in [1.29, 1.82) is 0 Å². The average Bonchev–Trinajstić information content (AvgIpc) is 3.37. The third-order valence-electron chi connectivity index (χ3n) is 5.31. The highest BCUT2D eigenvalue weighted by atomic mass is 16.5. The summed E-state index contributed by atoms with van der Waals surface area (Å²) >= 11 is 0. The Bertz CT molecular complexity index is 1240. The topological polar surface area (TPSA) is 93.0 Å². The van der Waals surface area contributed by atoms with Crippen molar-refractivity contribution >= 4 is 22.6 Å². The largest absolute Gasteiger partial charge is 0.451 e. The number of hydrogen-bond acceptors (Lipinski definition) is 5. The summed E-state index contributed by atoms with van der Waals surface area (Å²) in [6.45, 7) is 4.23. The molecule has 31 heavy (non-hydrogen) atoms. The first-order valence-electron chi connectivity index (χ1n) is 10.5. The van der Waals surface area contributed by atoms with Crippen LogP contribution < -0.4 is 5.32 Å². The van der Waals surface area contributed by atoms with E-state index in [2.05, 4.69) is 20.5 Å². The second-order valence-electron chi connectivity index (χ2n) is 8.12. The minimum absolute atomic E-state index is 0.0446. The smallest absolute Gasteiger partial charge is 0.291 e. The molecule has 1 amide bonds. The van der Waals surface area contributed by atoms with Crippen LogP contribution in [0.25, 0.3) is 22.4 Å². The molecule has 0 radical (unpaired) electrons. The van der Waals surface area contributed by atoms with Gasteiger partial charge < -0.3 is 14.5 Å². The van der Waals surface area contributed by atoms with E-state index in [4.69, 9.17) is 9.15 Å². The number of H-pyrrole nitrogens is 1. The van der Waals surface area contributed by atoms with E-state index in [1.165, 1.54) is 0 Å². The number of amides is 1. The van der Waals surface area contributed by atoms with Crippen molar-refractivity contribution in [3.63, 3.8) is 0 Å². The highest BCUT2D eigenvalue weighted by Gasteiger charge is 2.27. The highest BCUT2D eigenvalue weighted by Crippen LogP contribution is 2.38. The van der Waals surface area contributed by atoms with Crippen molar-refractivity contribution in [2.24, 2.45) is 0 Å². The SMILES string of the molecule is CC(C)OCc1c(C(=O)Nc2cccc(-c3n[nH]c(C4CC4)n3)c2)oc2ccccc12. The van der Waals surface area contributed by atoms with Crippen LogP contribution in [0.2, 0.25) is 0 Å². The monoisotopic (exact) mass is 416 g/mol. The zero-order chi connectivity index (χ0) is 21.4. The van der Waals surface area contributed by atoms with Gasteiger partial charge in [-0.1, -0.05) is 30.3 Å². The number of aromatic nitrogens is 3. The lowest BCUT2D eigenvalue weighted by atomic mass is 10.1. The molecule has 1 aliphatic carbocycles. The summed E-state index contributed by atoms with van der Waals surface area (Å²) in [4.78, 5) is 17.7. The predicted octanol–water partition coefficient (Wildman–Crippen LogP) is 5.27. The van der Waals surface area contributed by atoms with E-state index >= 15 is 0 Å². The number of nitrogens with zero attached hydrogens (tertiary/aromatic N) is 2. The molecule has 158 valence electrons. The Hall–Kier alpha value is -3.45. The number of anilines is 1. The fraction of sp³-hybridized carbons (Fsp3) is 0.292. The van der Waals surface area contributed by atoms with E-state index in [1.54, 1.807) is 0 Å². The van der Waals surface area contributed by atoms with Gasteiger partial charge in [0.05, 0.1) is 12.7 Å². The first-order chi connectivity index (χ1) is 15.1. The summed E-state index contributed by atoms with van der Waals surface area (Å²) in [5.41, 5.74) is 2.91. The van der Waals surface area contributed by atoms with Gasteiger partial charge in [0.1, 0.15) is 11.4 Å². The van der Waals surface area contributed by atoms with E-state index in [1.807, 2.05) is 62.4 Å². The number of rotatable bonds is 7. The molecular formula is C24H24N4O3. The van der Waals surface area contributed by atoms with Crippen LogP contribution in [0.3, 0.4) is 0 Å². The summed E-state index contributed by atoms with van der Waals surface area (Å²) in [5.74, 6) is 2.02. The van der Waals surface area contributed by atoms with Gasteiger partial charge in [-0.05, 0) is 44.9 Å². The molecule has 2 aromatic carbocycles. The number of para-hydroxylation sites is 1. The van der Waals surface area contributed by atoms with Crippen molar-refractivity contribution in [3.8, 4) is 11.4 Å². The zero-order valence-corrected chi connectivity index (χ0v) is 17.5. The molecule has 0 saturated heterocycles. The van der Waals surface area contributed by atoms with Crippen LogP contribution in [-0.4, -0.2) is 27.2 Å². The maximum Gasteiger partial charge on any atom is 0.291 e. The summed E-state index contributed by atoms with van der Waals surface area (Å²) in [6, 6.07) is 15.1. The molecule has 2 N–H and O–H groups in total. The van der Waals surface area contributed by atoms with Gasteiger partial charge in [-0.3, -0.25) is 9.89 Å². The Morgan fingerprint density at radius 2 is 2.06 bits per heavy atom. The fourth-order valence-electron chi connectivity index (χ4n) is 3.54. The van der Waals surface area contributed by atoms with Gasteiger partial charge in [-0.2, -0.15) is 5.10 Å². The second-order valence-corrected chi connectivity index (χ2v) is 8.12. The third kappa shape index (κ3) is 4.09. The maximum absolute atomic E-state index is 13.1. The number of hydrogen-bond donors (Lipinski definition) is 2. The summed E-state index contributed by atoms with van der Waals surface area (Å²) in [7, 11) is 0.